The molecule has 6 nitrogen and oxygen atoms in total. The molecule has 1 rings (SSSR count). The van der Waals surface area contributed by atoms with Gasteiger partial charge >= 0.3 is 5.97 Å². The Morgan fingerprint density at radius 1 is 1.50 bits per heavy atom. The molecule has 1 amide bonds. The summed E-state index contributed by atoms with van der Waals surface area (Å²) in [6, 6.07) is 1.48. The summed E-state index contributed by atoms with van der Waals surface area (Å²) in [5.74, 6) is -1.44. The number of hydrogen-bond donors (Lipinski definition) is 1. The molecule has 0 aliphatic heterocycles. The van der Waals surface area contributed by atoms with E-state index < -0.39 is 5.97 Å². The second kappa shape index (κ2) is 4.31. The van der Waals surface area contributed by atoms with Crippen LogP contribution < -0.4 is 0 Å². The van der Waals surface area contributed by atoms with Gasteiger partial charge in [-0.2, -0.15) is 10.2 Å². The first-order valence-electron chi connectivity index (χ1n) is 3.85. The predicted molar refractivity (Wildman–Crippen MR) is 46.6 cm³/mol. The van der Waals surface area contributed by atoms with Crippen LogP contribution >= 0.6 is 0 Å². The van der Waals surface area contributed by atoms with Crippen LogP contribution in [0.4, 0.5) is 0 Å². The lowest BCUT2D eigenvalue weighted by atomic mass is 10.3. The lowest BCUT2D eigenvalue weighted by molar-refractivity contribution is -0.137. The van der Waals surface area contributed by atoms with E-state index in [1.165, 1.54) is 25.5 Å². The summed E-state index contributed by atoms with van der Waals surface area (Å²) < 4.78 is 0. The number of rotatable bonds is 3. The molecule has 0 unspecified atom stereocenters. The van der Waals surface area contributed by atoms with Crippen LogP contribution in [-0.2, 0) is 4.79 Å². The van der Waals surface area contributed by atoms with Crippen LogP contribution in [0.1, 0.15) is 10.4 Å². The van der Waals surface area contributed by atoms with E-state index in [-0.39, 0.29) is 12.5 Å². The maximum atomic E-state index is 11.5. The van der Waals surface area contributed by atoms with Crippen LogP contribution in [0.25, 0.3) is 0 Å². The molecule has 0 bridgehead atoms. The van der Waals surface area contributed by atoms with Gasteiger partial charge in [0.2, 0.25) is 0 Å². The molecule has 0 saturated carbocycles. The Morgan fingerprint density at radius 3 is 2.71 bits per heavy atom. The Morgan fingerprint density at radius 2 is 2.21 bits per heavy atom. The number of carbonyl (C=O) groups excluding carboxylic acids is 1. The third-order valence-corrected chi connectivity index (χ3v) is 1.55. The van der Waals surface area contributed by atoms with E-state index in [0.717, 1.165) is 4.90 Å². The molecule has 1 aromatic rings. The highest BCUT2D eigenvalue weighted by Gasteiger charge is 2.13. The molecule has 0 radical (unpaired) electrons. The fourth-order valence-electron chi connectivity index (χ4n) is 0.912. The van der Waals surface area contributed by atoms with Crippen LogP contribution in [0, 0.1) is 0 Å². The first-order valence-corrected chi connectivity index (χ1v) is 3.85. The minimum atomic E-state index is -1.05. The molecule has 1 heterocycles. The summed E-state index contributed by atoms with van der Waals surface area (Å²) in [7, 11) is 1.41. The molecule has 0 atom stereocenters. The second-order valence-electron chi connectivity index (χ2n) is 2.69. The van der Waals surface area contributed by atoms with Crippen LogP contribution in [0.3, 0.4) is 0 Å². The number of aliphatic carboxylic acids is 1. The smallest absolute Gasteiger partial charge is 0.323 e. The normalized spacial score (nSPS) is 9.50. The topological polar surface area (TPSA) is 83.4 Å². The van der Waals surface area contributed by atoms with Crippen molar-refractivity contribution in [2.45, 2.75) is 0 Å². The quantitative estimate of drug-likeness (QED) is 0.711. The van der Waals surface area contributed by atoms with Crippen molar-refractivity contribution in [3.63, 3.8) is 0 Å². The summed E-state index contributed by atoms with van der Waals surface area (Å²) >= 11 is 0. The fourth-order valence-corrected chi connectivity index (χ4v) is 0.912. The highest BCUT2D eigenvalue weighted by molar-refractivity contribution is 5.95. The monoisotopic (exact) mass is 195 g/mol. The van der Waals surface area contributed by atoms with E-state index in [9.17, 15) is 9.59 Å². The van der Waals surface area contributed by atoms with Gasteiger partial charge in [-0.1, -0.05) is 0 Å². The van der Waals surface area contributed by atoms with Gasteiger partial charge in [-0.3, -0.25) is 9.59 Å². The molecule has 14 heavy (non-hydrogen) atoms. The van der Waals surface area contributed by atoms with E-state index in [0.29, 0.717) is 5.56 Å². The highest BCUT2D eigenvalue weighted by atomic mass is 16.4. The molecule has 0 spiro atoms. The van der Waals surface area contributed by atoms with E-state index in [1.54, 1.807) is 0 Å². The average Bonchev–Trinajstić information content (AvgIpc) is 2.17. The van der Waals surface area contributed by atoms with Gasteiger partial charge in [0.15, 0.2) is 0 Å². The number of hydrogen-bond acceptors (Lipinski definition) is 4. The van der Waals surface area contributed by atoms with Crippen molar-refractivity contribution in [2.75, 3.05) is 13.6 Å². The van der Waals surface area contributed by atoms with E-state index >= 15 is 0 Å². The van der Waals surface area contributed by atoms with Gasteiger partial charge in [-0.25, -0.2) is 0 Å². The number of carboxylic acid groups (broad SMARTS) is 1. The molecular weight excluding hydrogens is 186 g/mol. The number of aromatic nitrogens is 2. The average molecular weight is 195 g/mol. The largest absolute Gasteiger partial charge is 0.480 e. The Hall–Kier alpha value is -1.98. The molecule has 1 aromatic heterocycles. The van der Waals surface area contributed by atoms with Gasteiger partial charge in [-0.05, 0) is 6.07 Å². The molecule has 0 saturated heterocycles. The van der Waals surface area contributed by atoms with Gasteiger partial charge in [0.05, 0.1) is 18.0 Å². The van der Waals surface area contributed by atoms with Crippen molar-refractivity contribution in [1.29, 1.82) is 0 Å². The lowest BCUT2D eigenvalue weighted by Gasteiger charge is -2.13. The summed E-state index contributed by atoms with van der Waals surface area (Å²) in [6.45, 7) is -0.332. The van der Waals surface area contributed by atoms with Crippen LogP contribution in [0.15, 0.2) is 18.5 Å². The first-order chi connectivity index (χ1) is 6.61. The molecule has 74 valence electrons. The molecule has 0 fully saturated rings. The standard InChI is InChI=1S/C8H9N3O3/c1-11(5-7(12)13)8(14)6-2-3-9-10-4-6/h2-4H,5H2,1H3,(H,12,13). The molecule has 0 aliphatic carbocycles. The van der Waals surface area contributed by atoms with Crippen molar-refractivity contribution >= 4 is 11.9 Å². The van der Waals surface area contributed by atoms with Crippen molar-refractivity contribution in [3.05, 3.63) is 24.0 Å². The number of carboxylic acids is 1. The summed E-state index contributed by atoms with van der Waals surface area (Å²) in [5, 5.41) is 15.5. The fraction of sp³-hybridized carbons (Fsp3) is 0.250. The molecular formula is C8H9N3O3. The first kappa shape index (κ1) is 10.1. The minimum Gasteiger partial charge on any atom is -0.480 e. The van der Waals surface area contributed by atoms with E-state index in [4.69, 9.17) is 5.11 Å². The minimum absolute atomic E-state index is 0.323. The summed E-state index contributed by atoms with van der Waals surface area (Å²) in [6.07, 6.45) is 2.67. The zero-order valence-corrected chi connectivity index (χ0v) is 7.54. The summed E-state index contributed by atoms with van der Waals surface area (Å²) in [4.78, 5) is 22.9. The lowest BCUT2D eigenvalue weighted by Crippen LogP contribution is -2.31. The Labute approximate surface area is 80.2 Å². The number of likely N-dealkylation sites (N-methyl/N-ethyl adjacent to an activating group) is 1. The molecule has 1 N–H and O–H groups in total. The highest BCUT2D eigenvalue weighted by Crippen LogP contribution is 1.99. The van der Waals surface area contributed by atoms with E-state index in [1.807, 2.05) is 0 Å². The maximum absolute atomic E-state index is 11.5. The number of carbonyl (C=O) groups is 2. The Bertz CT molecular complexity index is 339. The summed E-state index contributed by atoms with van der Waals surface area (Å²) in [5.41, 5.74) is 0.323. The van der Waals surface area contributed by atoms with Gasteiger partial charge in [0.25, 0.3) is 5.91 Å². The third kappa shape index (κ3) is 2.51. The molecule has 0 aliphatic rings. The van der Waals surface area contributed by atoms with Crippen LogP contribution in [0.5, 0.6) is 0 Å². The van der Waals surface area contributed by atoms with Crippen LogP contribution in [-0.4, -0.2) is 45.7 Å². The molecule has 6 heteroatoms. The Kier molecular flexibility index (Phi) is 3.11. The maximum Gasteiger partial charge on any atom is 0.323 e. The Balaban J connectivity index is 2.71. The van der Waals surface area contributed by atoms with Crippen molar-refractivity contribution < 1.29 is 14.7 Å². The van der Waals surface area contributed by atoms with Gasteiger partial charge in [-0.15, -0.1) is 0 Å². The SMILES string of the molecule is CN(CC(=O)O)C(=O)c1ccnnc1. The number of amides is 1. The van der Waals surface area contributed by atoms with Crippen molar-refractivity contribution in [1.82, 2.24) is 15.1 Å². The van der Waals surface area contributed by atoms with Crippen LogP contribution in [0.2, 0.25) is 0 Å². The van der Waals surface area contributed by atoms with Crippen molar-refractivity contribution in [2.24, 2.45) is 0 Å². The van der Waals surface area contributed by atoms with Gasteiger partial charge in [0, 0.05) is 7.05 Å². The van der Waals surface area contributed by atoms with E-state index in [2.05, 4.69) is 10.2 Å². The van der Waals surface area contributed by atoms with Crippen molar-refractivity contribution in [3.8, 4) is 0 Å². The molecule has 0 aromatic carbocycles. The number of nitrogens with zero attached hydrogens (tertiary/aromatic N) is 3. The second-order valence-corrected chi connectivity index (χ2v) is 2.69. The zero-order chi connectivity index (χ0) is 10.6. The van der Waals surface area contributed by atoms with Gasteiger partial charge < -0.3 is 10.0 Å². The predicted octanol–water partition coefficient (Wildman–Crippen LogP) is -0.367. The van der Waals surface area contributed by atoms with Gasteiger partial charge in [0.1, 0.15) is 6.54 Å². The zero-order valence-electron chi connectivity index (χ0n) is 7.54. The third-order valence-electron chi connectivity index (χ3n) is 1.55.